The molecule has 0 bridgehead atoms. The maximum Gasteiger partial charge on any atom is 0.228 e. The molecular formula is C14H20N2O. The molecule has 0 N–H and O–H groups in total. The highest BCUT2D eigenvalue weighted by molar-refractivity contribution is 5.82. The topological polar surface area (TPSA) is 33.2 Å². The summed E-state index contributed by atoms with van der Waals surface area (Å²) in [5.74, 6) is 0.247. The minimum absolute atomic E-state index is 0.240. The molecular weight excluding hydrogens is 212 g/mol. The first kappa shape index (κ1) is 12.1. The number of rotatable bonds is 1. The molecule has 0 radical (unpaired) electrons. The minimum Gasteiger partial charge on any atom is -0.335 e. The van der Waals surface area contributed by atoms with Crippen LogP contribution in [0.15, 0.2) is 24.5 Å². The fourth-order valence-corrected chi connectivity index (χ4v) is 2.37. The minimum atomic E-state index is -0.296. The molecule has 2 heterocycles. The Morgan fingerprint density at radius 2 is 2.00 bits per heavy atom. The van der Waals surface area contributed by atoms with Gasteiger partial charge in [0.25, 0.3) is 0 Å². The van der Waals surface area contributed by atoms with Gasteiger partial charge in [-0.05, 0) is 30.5 Å². The van der Waals surface area contributed by atoms with Crippen LogP contribution in [0.3, 0.4) is 0 Å². The Labute approximate surface area is 103 Å². The molecule has 1 saturated heterocycles. The standard InChI is InChI=1S/C14H20N2O/c1-14(2,3)13(17)16-10-4-5-12(16)11-6-8-15-9-7-11/h6-9,12H,4-5,10H2,1-3H3/t12-/m1/s1. The van der Waals surface area contributed by atoms with Crippen molar-refractivity contribution < 1.29 is 4.79 Å². The van der Waals surface area contributed by atoms with E-state index in [4.69, 9.17) is 0 Å². The molecule has 1 aromatic rings. The number of carbonyl (C=O) groups excluding carboxylic acids is 1. The molecule has 0 saturated carbocycles. The van der Waals surface area contributed by atoms with E-state index >= 15 is 0 Å². The van der Waals surface area contributed by atoms with Gasteiger partial charge in [-0.1, -0.05) is 20.8 Å². The number of hydrogen-bond acceptors (Lipinski definition) is 2. The Balaban J connectivity index is 2.22. The highest BCUT2D eigenvalue weighted by atomic mass is 16.2. The summed E-state index contributed by atoms with van der Waals surface area (Å²) in [7, 11) is 0. The second-order valence-corrected chi connectivity index (χ2v) is 5.69. The van der Waals surface area contributed by atoms with Crippen molar-refractivity contribution in [1.82, 2.24) is 9.88 Å². The number of carbonyl (C=O) groups is 1. The SMILES string of the molecule is CC(C)(C)C(=O)N1CCC[C@@H]1c1ccncc1. The lowest BCUT2D eigenvalue weighted by Crippen LogP contribution is -2.38. The van der Waals surface area contributed by atoms with Crippen LogP contribution in [0, 0.1) is 5.41 Å². The fraction of sp³-hybridized carbons (Fsp3) is 0.571. The number of hydrogen-bond donors (Lipinski definition) is 0. The van der Waals surface area contributed by atoms with Crippen molar-refractivity contribution in [3.63, 3.8) is 0 Å². The van der Waals surface area contributed by atoms with Crippen molar-refractivity contribution >= 4 is 5.91 Å². The van der Waals surface area contributed by atoms with Crippen molar-refractivity contribution in [2.75, 3.05) is 6.54 Å². The van der Waals surface area contributed by atoms with E-state index in [0.29, 0.717) is 0 Å². The van der Waals surface area contributed by atoms with Crippen LogP contribution in [0.25, 0.3) is 0 Å². The molecule has 0 spiro atoms. The van der Waals surface area contributed by atoms with E-state index in [0.717, 1.165) is 19.4 Å². The fourth-order valence-electron chi connectivity index (χ4n) is 2.37. The molecule has 0 aromatic carbocycles. The highest BCUT2D eigenvalue weighted by Crippen LogP contribution is 2.34. The molecule has 1 atom stereocenters. The number of aromatic nitrogens is 1. The number of likely N-dealkylation sites (tertiary alicyclic amines) is 1. The van der Waals surface area contributed by atoms with Gasteiger partial charge in [-0.3, -0.25) is 9.78 Å². The van der Waals surface area contributed by atoms with Gasteiger partial charge >= 0.3 is 0 Å². The summed E-state index contributed by atoms with van der Waals surface area (Å²) in [5, 5.41) is 0. The summed E-state index contributed by atoms with van der Waals surface area (Å²) in [4.78, 5) is 18.4. The molecule has 1 amide bonds. The molecule has 1 aliphatic rings. The van der Waals surface area contributed by atoms with E-state index < -0.39 is 0 Å². The normalized spacial score (nSPS) is 20.6. The smallest absolute Gasteiger partial charge is 0.228 e. The van der Waals surface area contributed by atoms with Gasteiger partial charge in [-0.2, -0.15) is 0 Å². The summed E-state index contributed by atoms with van der Waals surface area (Å²) in [5.41, 5.74) is 0.908. The molecule has 0 unspecified atom stereocenters. The van der Waals surface area contributed by atoms with Crippen molar-refractivity contribution in [1.29, 1.82) is 0 Å². The first-order chi connectivity index (χ1) is 8.00. The lowest BCUT2D eigenvalue weighted by molar-refractivity contribution is -0.140. The van der Waals surface area contributed by atoms with Crippen LogP contribution in [0.5, 0.6) is 0 Å². The third-order valence-corrected chi connectivity index (χ3v) is 3.25. The molecule has 0 aliphatic carbocycles. The van der Waals surface area contributed by atoms with Gasteiger partial charge in [0.1, 0.15) is 0 Å². The monoisotopic (exact) mass is 232 g/mol. The van der Waals surface area contributed by atoms with E-state index in [9.17, 15) is 4.79 Å². The average molecular weight is 232 g/mol. The second kappa shape index (κ2) is 4.47. The number of amides is 1. The van der Waals surface area contributed by atoms with E-state index in [1.54, 1.807) is 12.4 Å². The third-order valence-electron chi connectivity index (χ3n) is 3.25. The number of pyridine rings is 1. The van der Waals surface area contributed by atoms with E-state index in [2.05, 4.69) is 4.98 Å². The molecule has 92 valence electrons. The Bertz CT molecular complexity index is 394. The van der Waals surface area contributed by atoms with Crippen LogP contribution in [-0.4, -0.2) is 22.3 Å². The first-order valence-electron chi connectivity index (χ1n) is 6.21. The summed E-state index contributed by atoms with van der Waals surface area (Å²) < 4.78 is 0. The van der Waals surface area contributed by atoms with Crippen molar-refractivity contribution in [3.05, 3.63) is 30.1 Å². The van der Waals surface area contributed by atoms with E-state index in [1.165, 1.54) is 5.56 Å². The van der Waals surface area contributed by atoms with Crippen LogP contribution in [0.4, 0.5) is 0 Å². The van der Waals surface area contributed by atoms with Gasteiger partial charge in [-0.15, -0.1) is 0 Å². The zero-order chi connectivity index (χ0) is 12.5. The molecule has 17 heavy (non-hydrogen) atoms. The van der Waals surface area contributed by atoms with Crippen molar-refractivity contribution in [3.8, 4) is 0 Å². The van der Waals surface area contributed by atoms with Gasteiger partial charge in [0, 0.05) is 24.4 Å². The Kier molecular flexibility index (Phi) is 3.18. The largest absolute Gasteiger partial charge is 0.335 e. The second-order valence-electron chi connectivity index (χ2n) is 5.69. The lowest BCUT2D eigenvalue weighted by Gasteiger charge is -2.31. The zero-order valence-electron chi connectivity index (χ0n) is 10.8. The van der Waals surface area contributed by atoms with Gasteiger partial charge in [0.05, 0.1) is 6.04 Å². The summed E-state index contributed by atoms with van der Waals surface area (Å²) in [6.07, 6.45) is 5.75. The molecule has 2 rings (SSSR count). The summed E-state index contributed by atoms with van der Waals surface area (Å²) in [6, 6.07) is 4.27. The van der Waals surface area contributed by atoms with Gasteiger partial charge in [-0.25, -0.2) is 0 Å². The van der Waals surface area contributed by atoms with Crippen molar-refractivity contribution in [2.45, 2.75) is 39.7 Å². The average Bonchev–Trinajstić information content (AvgIpc) is 2.76. The van der Waals surface area contributed by atoms with Crippen LogP contribution >= 0.6 is 0 Å². The van der Waals surface area contributed by atoms with E-state index in [1.807, 2.05) is 37.8 Å². The predicted molar refractivity (Wildman–Crippen MR) is 67.4 cm³/mol. The van der Waals surface area contributed by atoms with Gasteiger partial charge in [0.2, 0.25) is 5.91 Å². The first-order valence-corrected chi connectivity index (χ1v) is 6.21. The van der Waals surface area contributed by atoms with Crippen LogP contribution < -0.4 is 0 Å². The zero-order valence-corrected chi connectivity index (χ0v) is 10.8. The predicted octanol–water partition coefficient (Wildman–Crippen LogP) is 2.79. The quantitative estimate of drug-likeness (QED) is 0.746. The highest BCUT2D eigenvalue weighted by Gasteiger charge is 2.35. The third kappa shape index (κ3) is 2.48. The van der Waals surface area contributed by atoms with Crippen LogP contribution in [0.1, 0.15) is 45.2 Å². The Hall–Kier alpha value is -1.38. The number of nitrogens with zero attached hydrogens (tertiary/aromatic N) is 2. The summed E-state index contributed by atoms with van der Waals surface area (Å²) >= 11 is 0. The molecule has 3 nitrogen and oxygen atoms in total. The van der Waals surface area contributed by atoms with Crippen LogP contribution in [0.2, 0.25) is 0 Å². The van der Waals surface area contributed by atoms with Crippen molar-refractivity contribution in [2.24, 2.45) is 5.41 Å². The maximum absolute atomic E-state index is 12.4. The molecule has 1 aliphatic heterocycles. The lowest BCUT2D eigenvalue weighted by atomic mass is 9.93. The Morgan fingerprint density at radius 3 is 2.59 bits per heavy atom. The molecule has 1 aromatic heterocycles. The molecule has 1 fully saturated rings. The van der Waals surface area contributed by atoms with E-state index in [-0.39, 0.29) is 17.4 Å². The summed E-state index contributed by atoms with van der Waals surface area (Å²) in [6.45, 7) is 6.83. The molecule has 3 heteroatoms. The Morgan fingerprint density at radius 1 is 1.35 bits per heavy atom. The van der Waals surface area contributed by atoms with Crippen LogP contribution in [-0.2, 0) is 4.79 Å². The maximum atomic E-state index is 12.4. The van der Waals surface area contributed by atoms with Gasteiger partial charge < -0.3 is 4.90 Å². The van der Waals surface area contributed by atoms with Gasteiger partial charge in [0.15, 0.2) is 0 Å².